The number of carbonyl (C=O) groups excluding carboxylic acids is 1. The average Bonchev–Trinajstić information content (AvgIpc) is 2.61. The van der Waals surface area contributed by atoms with Crippen molar-refractivity contribution in [2.45, 2.75) is 0 Å². The number of sulfonamides is 1. The van der Waals surface area contributed by atoms with Crippen molar-refractivity contribution in [1.29, 1.82) is 0 Å². The number of anilines is 2. The average molecular weight is 522 g/mol. The van der Waals surface area contributed by atoms with Gasteiger partial charge in [0.15, 0.2) is 0 Å². The normalized spacial score (nSPS) is 11.5. The van der Waals surface area contributed by atoms with Gasteiger partial charge in [-0.3, -0.25) is 9.10 Å². The second-order valence-electron chi connectivity index (χ2n) is 6.27. The highest BCUT2D eigenvalue weighted by atomic mass is 79.9. The first-order valence-electron chi connectivity index (χ1n) is 8.20. The topological polar surface area (TPSA) is 82.1 Å². The van der Waals surface area contributed by atoms with Crippen molar-refractivity contribution in [2.75, 3.05) is 36.1 Å². The van der Waals surface area contributed by atoms with Gasteiger partial charge in [-0.1, -0.05) is 29.3 Å². The van der Waals surface area contributed by atoms with Crippen molar-refractivity contribution >= 4 is 72.7 Å². The number of nitrogens with zero attached hydrogens (tertiary/aromatic N) is 3. The third-order valence-electron chi connectivity index (χ3n) is 3.74. The first-order valence-corrected chi connectivity index (χ1v) is 11.6. The van der Waals surface area contributed by atoms with Crippen LogP contribution in [0.5, 0.6) is 0 Å². The van der Waals surface area contributed by atoms with E-state index >= 15 is 0 Å². The molecular weight excluding hydrogens is 503 g/mol. The van der Waals surface area contributed by atoms with E-state index < -0.39 is 22.5 Å². The predicted octanol–water partition coefficient (Wildman–Crippen LogP) is 3.74. The zero-order valence-corrected chi connectivity index (χ0v) is 19.8. The molecule has 2 rings (SSSR count). The summed E-state index contributed by atoms with van der Waals surface area (Å²) >= 11 is 15.3. The molecule has 0 spiro atoms. The van der Waals surface area contributed by atoms with Gasteiger partial charge in [-0.15, -0.1) is 0 Å². The summed E-state index contributed by atoms with van der Waals surface area (Å²) in [5.41, 5.74) is 4.31. The molecule has 0 saturated heterocycles. The van der Waals surface area contributed by atoms with Crippen molar-refractivity contribution < 1.29 is 13.2 Å². The predicted molar refractivity (Wildman–Crippen MR) is 123 cm³/mol. The molecule has 2 aromatic carbocycles. The van der Waals surface area contributed by atoms with E-state index in [-0.39, 0.29) is 15.7 Å². The third kappa shape index (κ3) is 6.60. The summed E-state index contributed by atoms with van der Waals surface area (Å²) in [7, 11) is 0.122. The molecule has 7 nitrogen and oxygen atoms in total. The first-order chi connectivity index (χ1) is 13.5. The number of carbonyl (C=O) groups is 1. The monoisotopic (exact) mass is 520 g/mol. The fraction of sp³-hybridized carbons (Fsp3) is 0.222. The van der Waals surface area contributed by atoms with E-state index in [4.69, 9.17) is 23.2 Å². The van der Waals surface area contributed by atoms with E-state index in [1.165, 1.54) is 24.4 Å². The van der Waals surface area contributed by atoms with Gasteiger partial charge in [0, 0.05) is 18.6 Å². The van der Waals surface area contributed by atoms with E-state index in [2.05, 4.69) is 26.5 Å². The molecule has 1 N–H and O–H groups in total. The van der Waals surface area contributed by atoms with Crippen LogP contribution in [-0.4, -0.2) is 47.4 Å². The quantitative estimate of drug-likeness (QED) is 0.444. The van der Waals surface area contributed by atoms with Gasteiger partial charge in [-0.05, 0) is 51.8 Å². The molecule has 29 heavy (non-hydrogen) atoms. The number of nitrogens with one attached hydrogen (secondary N) is 1. The van der Waals surface area contributed by atoms with Crippen LogP contribution in [0.25, 0.3) is 0 Å². The van der Waals surface area contributed by atoms with E-state index in [9.17, 15) is 13.2 Å². The maximum Gasteiger partial charge on any atom is 0.260 e. The van der Waals surface area contributed by atoms with Crippen LogP contribution in [0.15, 0.2) is 46.0 Å². The SMILES string of the molecule is CN(C)c1ccc(/C=N/NC(=O)CN(c2ccc(Cl)c(Cl)c2)S(C)(=O)=O)cc1Br. The third-order valence-corrected chi connectivity index (χ3v) is 6.25. The van der Waals surface area contributed by atoms with Crippen molar-refractivity contribution in [3.63, 3.8) is 0 Å². The van der Waals surface area contributed by atoms with Crippen LogP contribution >= 0.6 is 39.1 Å². The minimum Gasteiger partial charge on any atom is -0.377 e. The van der Waals surface area contributed by atoms with E-state index in [1.54, 1.807) is 0 Å². The summed E-state index contributed by atoms with van der Waals surface area (Å²) in [6.07, 6.45) is 2.46. The summed E-state index contributed by atoms with van der Waals surface area (Å²) in [6.45, 7) is -0.461. The van der Waals surface area contributed by atoms with Crippen LogP contribution in [0.4, 0.5) is 11.4 Å². The molecule has 0 bridgehead atoms. The Bertz CT molecular complexity index is 1050. The summed E-state index contributed by atoms with van der Waals surface area (Å²) in [5.74, 6) is -0.610. The molecule has 1 amide bonds. The van der Waals surface area contributed by atoms with Crippen LogP contribution in [0.3, 0.4) is 0 Å². The molecule has 0 radical (unpaired) electrons. The lowest BCUT2D eigenvalue weighted by atomic mass is 10.2. The summed E-state index contributed by atoms with van der Waals surface area (Å²) in [4.78, 5) is 14.2. The van der Waals surface area contributed by atoms with Crippen LogP contribution in [0.1, 0.15) is 5.56 Å². The molecule has 0 aliphatic carbocycles. The largest absolute Gasteiger partial charge is 0.377 e. The van der Waals surface area contributed by atoms with Gasteiger partial charge in [0.1, 0.15) is 6.54 Å². The minimum absolute atomic E-state index is 0.183. The summed E-state index contributed by atoms with van der Waals surface area (Å²) in [5, 5.41) is 4.36. The number of hydrogen-bond acceptors (Lipinski definition) is 5. The van der Waals surface area contributed by atoms with Gasteiger partial charge >= 0.3 is 0 Å². The van der Waals surface area contributed by atoms with Crippen LogP contribution < -0.4 is 14.6 Å². The highest BCUT2D eigenvalue weighted by Gasteiger charge is 2.21. The van der Waals surface area contributed by atoms with Gasteiger partial charge in [0.2, 0.25) is 10.0 Å². The number of hydrogen-bond donors (Lipinski definition) is 1. The molecule has 156 valence electrons. The molecule has 0 aliphatic rings. The van der Waals surface area contributed by atoms with Crippen molar-refractivity contribution in [3.8, 4) is 0 Å². The van der Waals surface area contributed by atoms with Crippen molar-refractivity contribution in [2.24, 2.45) is 5.10 Å². The fourth-order valence-corrected chi connectivity index (χ4v) is 4.24. The Balaban J connectivity index is 2.10. The molecule has 0 heterocycles. The number of hydrazone groups is 1. The smallest absolute Gasteiger partial charge is 0.260 e. The second-order valence-corrected chi connectivity index (χ2v) is 9.84. The molecule has 11 heteroatoms. The van der Waals surface area contributed by atoms with E-state index in [0.29, 0.717) is 0 Å². The van der Waals surface area contributed by atoms with Crippen LogP contribution in [0, 0.1) is 0 Å². The molecule has 0 unspecified atom stereocenters. The first kappa shape index (κ1) is 23.5. The standard InChI is InChI=1S/C18H19BrCl2N4O3S/c1-24(2)17-7-4-12(8-14(17)19)10-22-23-18(26)11-25(29(3,27)28)13-5-6-15(20)16(21)9-13/h4-10H,11H2,1-3H3,(H,23,26)/b22-10+. The minimum atomic E-state index is -3.73. The number of halogens is 3. The van der Waals surface area contributed by atoms with Crippen molar-refractivity contribution in [1.82, 2.24) is 5.43 Å². The molecular formula is C18H19BrCl2N4O3S. The second kappa shape index (κ2) is 9.80. The van der Waals surface area contributed by atoms with Gasteiger partial charge in [-0.2, -0.15) is 5.10 Å². The zero-order valence-electron chi connectivity index (χ0n) is 15.9. The molecule has 2 aromatic rings. The number of rotatable bonds is 7. The molecule has 0 atom stereocenters. The lowest BCUT2D eigenvalue weighted by Crippen LogP contribution is -2.39. The van der Waals surface area contributed by atoms with E-state index in [0.717, 1.165) is 26.3 Å². The van der Waals surface area contributed by atoms with E-state index in [1.807, 2.05) is 37.2 Å². The maximum atomic E-state index is 12.2. The Kier molecular flexibility index (Phi) is 7.93. The molecule has 0 saturated carbocycles. The summed E-state index contributed by atoms with van der Waals surface area (Å²) < 4.78 is 26.0. The maximum absolute atomic E-state index is 12.2. The number of amides is 1. The lowest BCUT2D eigenvalue weighted by molar-refractivity contribution is -0.119. The highest BCUT2D eigenvalue weighted by Crippen LogP contribution is 2.28. The fourth-order valence-electron chi connectivity index (χ4n) is 2.35. The number of benzene rings is 2. The Morgan fingerprint density at radius 2 is 1.86 bits per heavy atom. The van der Waals surface area contributed by atoms with Crippen molar-refractivity contribution in [3.05, 3.63) is 56.5 Å². The van der Waals surface area contributed by atoms with Gasteiger partial charge in [0.25, 0.3) is 5.91 Å². The Labute approximate surface area is 188 Å². The van der Waals surface area contributed by atoms with Gasteiger partial charge in [0.05, 0.1) is 33.9 Å². The molecule has 0 aromatic heterocycles. The van der Waals surface area contributed by atoms with Gasteiger partial charge in [-0.25, -0.2) is 13.8 Å². The Morgan fingerprint density at radius 1 is 1.17 bits per heavy atom. The lowest BCUT2D eigenvalue weighted by Gasteiger charge is -2.21. The summed E-state index contributed by atoms with van der Waals surface area (Å²) in [6, 6.07) is 9.91. The molecule has 0 fully saturated rings. The van der Waals surface area contributed by atoms with Gasteiger partial charge < -0.3 is 4.90 Å². The van der Waals surface area contributed by atoms with Crippen LogP contribution in [0.2, 0.25) is 10.0 Å². The Hall–Kier alpha value is -1.81. The highest BCUT2D eigenvalue weighted by molar-refractivity contribution is 9.10. The molecule has 0 aliphatic heterocycles. The zero-order chi connectivity index (χ0) is 21.8. The van der Waals surface area contributed by atoms with Crippen LogP contribution in [-0.2, 0) is 14.8 Å². The Morgan fingerprint density at radius 3 is 2.41 bits per heavy atom.